The zero-order valence-corrected chi connectivity index (χ0v) is 11.4. The summed E-state index contributed by atoms with van der Waals surface area (Å²) in [5, 5.41) is 13.2. The number of ether oxygens (including phenoxy) is 2. The zero-order chi connectivity index (χ0) is 13.4. The SMILES string of the molecule is CCNCC(C)(O)COc1ccccc1OCC. The van der Waals surface area contributed by atoms with Crippen LogP contribution in [-0.2, 0) is 0 Å². The van der Waals surface area contributed by atoms with Crippen LogP contribution in [0, 0.1) is 0 Å². The number of para-hydroxylation sites is 2. The first-order chi connectivity index (χ1) is 8.59. The second-order valence-corrected chi connectivity index (χ2v) is 4.45. The predicted octanol–water partition coefficient (Wildman–Crippen LogP) is 1.82. The lowest BCUT2D eigenvalue weighted by atomic mass is 10.1. The number of nitrogens with one attached hydrogen (secondary N) is 1. The number of likely N-dealkylation sites (N-methyl/N-ethyl adjacent to an activating group) is 1. The van der Waals surface area contributed by atoms with Crippen molar-refractivity contribution in [3.05, 3.63) is 24.3 Å². The predicted molar refractivity (Wildman–Crippen MR) is 72.3 cm³/mol. The largest absolute Gasteiger partial charge is 0.490 e. The minimum Gasteiger partial charge on any atom is -0.490 e. The minimum atomic E-state index is -0.894. The van der Waals surface area contributed by atoms with Crippen LogP contribution in [0.5, 0.6) is 11.5 Å². The van der Waals surface area contributed by atoms with Gasteiger partial charge >= 0.3 is 0 Å². The Morgan fingerprint density at radius 1 is 1.17 bits per heavy atom. The van der Waals surface area contributed by atoms with Gasteiger partial charge in [0.1, 0.15) is 12.2 Å². The Hall–Kier alpha value is -1.26. The highest BCUT2D eigenvalue weighted by Crippen LogP contribution is 2.27. The average Bonchev–Trinajstić information content (AvgIpc) is 2.36. The Labute approximate surface area is 109 Å². The molecule has 0 fully saturated rings. The van der Waals surface area contributed by atoms with Crippen LogP contribution in [0.25, 0.3) is 0 Å². The van der Waals surface area contributed by atoms with Gasteiger partial charge in [-0.05, 0) is 32.5 Å². The smallest absolute Gasteiger partial charge is 0.161 e. The van der Waals surface area contributed by atoms with E-state index in [9.17, 15) is 5.11 Å². The maximum absolute atomic E-state index is 10.1. The summed E-state index contributed by atoms with van der Waals surface area (Å²) in [7, 11) is 0. The van der Waals surface area contributed by atoms with E-state index in [2.05, 4.69) is 5.32 Å². The van der Waals surface area contributed by atoms with Crippen molar-refractivity contribution in [3.8, 4) is 11.5 Å². The molecule has 0 saturated heterocycles. The van der Waals surface area contributed by atoms with Gasteiger partial charge in [0.05, 0.1) is 6.61 Å². The molecule has 0 amide bonds. The molecular formula is C14H23NO3. The number of rotatable bonds is 8. The van der Waals surface area contributed by atoms with Crippen molar-refractivity contribution < 1.29 is 14.6 Å². The van der Waals surface area contributed by atoms with Gasteiger partial charge in [0.25, 0.3) is 0 Å². The molecule has 0 aliphatic heterocycles. The van der Waals surface area contributed by atoms with Gasteiger partial charge in [0.2, 0.25) is 0 Å². The highest BCUT2D eigenvalue weighted by Gasteiger charge is 2.21. The highest BCUT2D eigenvalue weighted by atomic mass is 16.5. The fourth-order valence-corrected chi connectivity index (χ4v) is 1.52. The molecule has 1 unspecified atom stereocenters. The van der Waals surface area contributed by atoms with E-state index < -0.39 is 5.60 Å². The van der Waals surface area contributed by atoms with E-state index in [0.29, 0.717) is 24.7 Å². The molecule has 2 N–H and O–H groups in total. The van der Waals surface area contributed by atoms with E-state index in [1.165, 1.54) is 0 Å². The van der Waals surface area contributed by atoms with Gasteiger partial charge < -0.3 is 19.9 Å². The van der Waals surface area contributed by atoms with Crippen LogP contribution in [0.4, 0.5) is 0 Å². The summed E-state index contributed by atoms with van der Waals surface area (Å²) in [5.74, 6) is 1.37. The molecule has 4 heteroatoms. The Morgan fingerprint density at radius 2 is 1.78 bits per heavy atom. The van der Waals surface area contributed by atoms with Crippen molar-refractivity contribution >= 4 is 0 Å². The summed E-state index contributed by atoms with van der Waals surface area (Å²) in [6, 6.07) is 7.48. The molecule has 0 bridgehead atoms. The number of aliphatic hydroxyl groups is 1. The van der Waals surface area contributed by atoms with Gasteiger partial charge in [-0.25, -0.2) is 0 Å². The number of hydrogen-bond donors (Lipinski definition) is 2. The van der Waals surface area contributed by atoms with Crippen LogP contribution < -0.4 is 14.8 Å². The Kier molecular flexibility index (Phi) is 5.95. The van der Waals surface area contributed by atoms with Gasteiger partial charge in [-0.3, -0.25) is 0 Å². The van der Waals surface area contributed by atoms with Crippen molar-refractivity contribution in [2.75, 3.05) is 26.3 Å². The zero-order valence-electron chi connectivity index (χ0n) is 11.4. The molecule has 18 heavy (non-hydrogen) atoms. The molecule has 0 aliphatic rings. The van der Waals surface area contributed by atoms with E-state index in [0.717, 1.165) is 6.54 Å². The van der Waals surface area contributed by atoms with Crippen molar-refractivity contribution in [3.63, 3.8) is 0 Å². The van der Waals surface area contributed by atoms with Gasteiger partial charge in [0.15, 0.2) is 11.5 Å². The van der Waals surface area contributed by atoms with Gasteiger partial charge in [-0.1, -0.05) is 19.1 Å². The molecule has 0 spiro atoms. The fraction of sp³-hybridized carbons (Fsp3) is 0.571. The van der Waals surface area contributed by atoms with Crippen LogP contribution in [-0.4, -0.2) is 37.0 Å². The Morgan fingerprint density at radius 3 is 2.33 bits per heavy atom. The van der Waals surface area contributed by atoms with Crippen LogP contribution >= 0.6 is 0 Å². The summed E-state index contributed by atoms with van der Waals surface area (Å²) in [4.78, 5) is 0. The van der Waals surface area contributed by atoms with Crippen LogP contribution in [0.15, 0.2) is 24.3 Å². The molecule has 1 aromatic carbocycles. The molecule has 102 valence electrons. The maximum atomic E-state index is 10.1. The lowest BCUT2D eigenvalue weighted by Crippen LogP contribution is -2.42. The summed E-state index contributed by atoms with van der Waals surface area (Å²) in [6.45, 7) is 7.82. The summed E-state index contributed by atoms with van der Waals surface area (Å²) in [5.41, 5.74) is -0.894. The molecule has 0 saturated carbocycles. The molecule has 0 aromatic heterocycles. The maximum Gasteiger partial charge on any atom is 0.161 e. The third-order valence-corrected chi connectivity index (χ3v) is 2.44. The third-order valence-electron chi connectivity index (χ3n) is 2.44. The number of benzene rings is 1. The van der Waals surface area contributed by atoms with Gasteiger partial charge in [0, 0.05) is 6.54 Å². The van der Waals surface area contributed by atoms with Crippen LogP contribution in [0.1, 0.15) is 20.8 Å². The molecule has 0 radical (unpaired) electrons. The first-order valence-electron chi connectivity index (χ1n) is 6.36. The standard InChI is InChI=1S/C14H23NO3/c1-4-15-10-14(3,16)11-18-13-9-7-6-8-12(13)17-5-2/h6-9,15-16H,4-5,10-11H2,1-3H3. The molecular weight excluding hydrogens is 230 g/mol. The Balaban J connectivity index is 2.56. The quantitative estimate of drug-likeness (QED) is 0.742. The first-order valence-corrected chi connectivity index (χ1v) is 6.36. The van der Waals surface area contributed by atoms with Crippen LogP contribution in [0.2, 0.25) is 0 Å². The topological polar surface area (TPSA) is 50.7 Å². The second-order valence-electron chi connectivity index (χ2n) is 4.45. The highest BCUT2D eigenvalue weighted by molar-refractivity contribution is 5.39. The normalized spacial score (nSPS) is 14.0. The van der Waals surface area contributed by atoms with E-state index >= 15 is 0 Å². The third kappa shape index (κ3) is 4.94. The van der Waals surface area contributed by atoms with Crippen molar-refractivity contribution in [2.24, 2.45) is 0 Å². The van der Waals surface area contributed by atoms with E-state index in [-0.39, 0.29) is 6.61 Å². The molecule has 4 nitrogen and oxygen atoms in total. The second kappa shape index (κ2) is 7.24. The first kappa shape index (κ1) is 14.8. The summed E-state index contributed by atoms with van der Waals surface area (Å²) < 4.78 is 11.1. The molecule has 0 aliphatic carbocycles. The van der Waals surface area contributed by atoms with E-state index in [1.54, 1.807) is 6.92 Å². The lowest BCUT2D eigenvalue weighted by Gasteiger charge is -2.24. The monoisotopic (exact) mass is 253 g/mol. The minimum absolute atomic E-state index is 0.226. The van der Waals surface area contributed by atoms with E-state index in [4.69, 9.17) is 9.47 Å². The molecule has 1 aromatic rings. The van der Waals surface area contributed by atoms with E-state index in [1.807, 2.05) is 38.1 Å². The van der Waals surface area contributed by atoms with Crippen LogP contribution in [0.3, 0.4) is 0 Å². The molecule has 1 atom stereocenters. The summed E-state index contributed by atoms with van der Waals surface area (Å²) in [6.07, 6.45) is 0. The van der Waals surface area contributed by atoms with Gasteiger partial charge in [-0.15, -0.1) is 0 Å². The molecule has 1 rings (SSSR count). The molecule has 0 heterocycles. The average molecular weight is 253 g/mol. The summed E-state index contributed by atoms with van der Waals surface area (Å²) >= 11 is 0. The lowest BCUT2D eigenvalue weighted by molar-refractivity contribution is 0.0118. The Bertz CT molecular complexity index is 353. The van der Waals surface area contributed by atoms with Crippen molar-refractivity contribution in [2.45, 2.75) is 26.4 Å². The number of hydrogen-bond acceptors (Lipinski definition) is 4. The van der Waals surface area contributed by atoms with Crippen molar-refractivity contribution in [1.82, 2.24) is 5.32 Å². The van der Waals surface area contributed by atoms with Crippen molar-refractivity contribution in [1.29, 1.82) is 0 Å². The fourth-order valence-electron chi connectivity index (χ4n) is 1.52. The van der Waals surface area contributed by atoms with Gasteiger partial charge in [-0.2, -0.15) is 0 Å².